The van der Waals surface area contributed by atoms with Crippen LogP contribution in [-0.4, -0.2) is 46.6 Å². The number of benzene rings is 1. The van der Waals surface area contributed by atoms with Crippen molar-refractivity contribution in [3.8, 4) is 0 Å². The number of nitrogens with one attached hydrogen (secondary N) is 1. The molecule has 2 aromatic rings. The molecule has 2 rings (SSSR count). The summed E-state index contributed by atoms with van der Waals surface area (Å²) in [4.78, 5) is 20.9. The monoisotopic (exact) mass is 247 g/mol. The van der Waals surface area contributed by atoms with E-state index in [0.717, 1.165) is 16.9 Å². The Labute approximate surface area is 105 Å². The molecule has 0 saturated carbocycles. The molecule has 1 amide bonds. The van der Waals surface area contributed by atoms with Gasteiger partial charge in [-0.1, -0.05) is 0 Å². The molecule has 1 heterocycles. The molecule has 0 aliphatic carbocycles. The SMILES string of the molecule is CN(C)C(=O)c1ccc2nc(CCCO)[nH]c2c1. The molecule has 0 aliphatic rings. The van der Waals surface area contributed by atoms with Gasteiger partial charge in [0.05, 0.1) is 11.0 Å². The summed E-state index contributed by atoms with van der Waals surface area (Å²) in [5.41, 5.74) is 2.35. The number of amides is 1. The molecular formula is C13H17N3O2. The number of imidazole rings is 1. The van der Waals surface area contributed by atoms with Crippen molar-refractivity contribution in [3.05, 3.63) is 29.6 Å². The van der Waals surface area contributed by atoms with Gasteiger partial charge in [-0.05, 0) is 24.6 Å². The van der Waals surface area contributed by atoms with E-state index in [1.54, 1.807) is 25.1 Å². The first-order valence-corrected chi connectivity index (χ1v) is 5.93. The molecule has 5 nitrogen and oxygen atoms in total. The molecule has 0 atom stereocenters. The minimum absolute atomic E-state index is 0.0246. The number of hydrogen-bond donors (Lipinski definition) is 2. The lowest BCUT2D eigenvalue weighted by molar-refractivity contribution is 0.0828. The molecule has 0 fully saturated rings. The highest BCUT2D eigenvalue weighted by atomic mass is 16.2. The van der Waals surface area contributed by atoms with Gasteiger partial charge in [-0.3, -0.25) is 4.79 Å². The standard InChI is InChI=1S/C13H17N3O2/c1-16(2)13(18)9-5-6-10-11(8-9)15-12(14-10)4-3-7-17/h5-6,8,17H,3-4,7H2,1-2H3,(H,14,15). The Bertz CT molecular complexity index is 560. The Kier molecular flexibility index (Phi) is 3.62. The molecule has 0 spiro atoms. The highest BCUT2D eigenvalue weighted by Crippen LogP contribution is 2.15. The van der Waals surface area contributed by atoms with E-state index < -0.39 is 0 Å². The van der Waals surface area contributed by atoms with Crippen LogP contribution in [0.5, 0.6) is 0 Å². The van der Waals surface area contributed by atoms with E-state index in [1.807, 2.05) is 12.1 Å². The minimum Gasteiger partial charge on any atom is -0.396 e. The summed E-state index contributed by atoms with van der Waals surface area (Å²) in [7, 11) is 3.46. The van der Waals surface area contributed by atoms with Crippen molar-refractivity contribution in [1.82, 2.24) is 14.9 Å². The third-order valence-electron chi connectivity index (χ3n) is 2.76. The van der Waals surface area contributed by atoms with Crippen LogP contribution in [0.1, 0.15) is 22.6 Å². The fourth-order valence-electron chi connectivity index (χ4n) is 1.82. The van der Waals surface area contributed by atoms with Crippen LogP contribution in [0.25, 0.3) is 11.0 Å². The highest BCUT2D eigenvalue weighted by molar-refractivity contribution is 5.97. The zero-order chi connectivity index (χ0) is 13.1. The topological polar surface area (TPSA) is 69.2 Å². The van der Waals surface area contributed by atoms with E-state index in [0.29, 0.717) is 18.4 Å². The number of aromatic amines is 1. The number of aromatic nitrogens is 2. The number of rotatable bonds is 4. The number of carbonyl (C=O) groups is 1. The van der Waals surface area contributed by atoms with Gasteiger partial charge in [0.1, 0.15) is 5.82 Å². The fraction of sp³-hybridized carbons (Fsp3) is 0.385. The summed E-state index contributed by atoms with van der Waals surface area (Å²) >= 11 is 0. The van der Waals surface area contributed by atoms with Crippen molar-refractivity contribution in [2.45, 2.75) is 12.8 Å². The molecular weight excluding hydrogens is 230 g/mol. The van der Waals surface area contributed by atoms with E-state index in [9.17, 15) is 4.79 Å². The van der Waals surface area contributed by atoms with Crippen molar-refractivity contribution in [3.63, 3.8) is 0 Å². The van der Waals surface area contributed by atoms with E-state index in [2.05, 4.69) is 9.97 Å². The Balaban J connectivity index is 2.30. The third-order valence-corrected chi connectivity index (χ3v) is 2.76. The minimum atomic E-state index is -0.0246. The van der Waals surface area contributed by atoms with Gasteiger partial charge < -0.3 is 15.0 Å². The van der Waals surface area contributed by atoms with Crippen LogP contribution in [-0.2, 0) is 6.42 Å². The number of carbonyl (C=O) groups excluding carboxylic acids is 1. The predicted molar refractivity (Wildman–Crippen MR) is 69.5 cm³/mol. The molecule has 5 heteroatoms. The van der Waals surface area contributed by atoms with Crippen LogP contribution in [0, 0.1) is 0 Å². The average Bonchev–Trinajstić information content (AvgIpc) is 2.76. The maximum atomic E-state index is 11.8. The van der Waals surface area contributed by atoms with Crippen molar-refractivity contribution in [2.24, 2.45) is 0 Å². The number of H-pyrrole nitrogens is 1. The molecule has 2 N–H and O–H groups in total. The molecule has 0 saturated heterocycles. The predicted octanol–water partition coefficient (Wildman–Crippen LogP) is 1.19. The number of hydrogen-bond acceptors (Lipinski definition) is 3. The fourth-order valence-corrected chi connectivity index (χ4v) is 1.82. The van der Waals surface area contributed by atoms with E-state index in [1.165, 1.54) is 0 Å². The quantitative estimate of drug-likeness (QED) is 0.852. The lowest BCUT2D eigenvalue weighted by atomic mass is 10.2. The molecule has 1 aromatic heterocycles. The number of nitrogens with zero attached hydrogens (tertiary/aromatic N) is 2. The van der Waals surface area contributed by atoms with Crippen LogP contribution in [0.4, 0.5) is 0 Å². The summed E-state index contributed by atoms with van der Waals surface area (Å²) in [5.74, 6) is 0.817. The van der Waals surface area contributed by atoms with Crippen molar-refractivity contribution >= 4 is 16.9 Å². The molecule has 18 heavy (non-hydrogen) atoms. The van der Waals surface area contributed by atoms with E-state index in [-0.39, 0.29) is 12.5 Å². The Morgan fingerprint density at radius 3 is 2.89 bits per heavy atom. The summed E-state index contributed by atoms with van der Waals surface area (Å²) in [6.07, 6.45) is 1.39. The maximum Gasteiger partial charge on any atom is 0.253 e. The van der Waals surface area contributed by atoms with Gasteiger partial charge in [0.15, 0.2) is 0 Å². The largest absolute Gasteiger partial charge is 0.396 e. The molecule has 0 unspecified atom stereocenters. The second kappa shape index (κ2) is 5.18. The lowest BCUT2D eigenvalue weighted by Gasteiger charge is -2.09. The number of aliphatic hydroxyl groups excluding tert-OH is 1. The zero-order valence-electron chi connectivity index (χ0n) is 10.6. The molecule has 0 radical (unpaired) electrons. The summed E-state index contributed by atoms with van der Waals surface area (Å²) in [5, 5.41) is 8.79. The second-order valence-electron chi connectivity index (χ2n) is 4.44. The van der Waals surface area contributed by atoms with Crippen molar-refractivity contribution in [2.75, 3.05) is 20.7 Å². The summed E-state index contributed by atoms with van der Waals surface area (Å²) in [6.45, 7) is 0.154. The number of aryl methyl sites for hydroxylation is 1. The van der Waals surface area contributed by atoms with Gasteiger partial charge in [0.2, 0.25) is 0 Å². The first-order valence-electron chi connectivity index (χ1n) is 5.93. The number of aliphatic hydroxyl groups is 1. The zero-order valence-corrected chi connectivity index (χ0v) is 10.6. The first kappa shape index (κ1) is 12.6. The Hall–Kier alpha value is -1.88. The van der Waals surface area contributed by atoms with Crippen LogP contribution in [0.15, 0.2) is 18.2 Å². The summed E-state index contributed by atoms with van der Waals surface area (Å²) in [6, 6.07) is 5.43. The van der Waals surface area contributed by atoms with Crippen LogP contribution in [0.2, 0.25) is 0 Å². The van der Waals surface area contributed by atoms with Crippen molar-refractivity contribution in [1.29, 1.82) is 0 Å². The van der Waals surface area contributed by atoms with E-state index >= 15 is 0 Å². The maximum absolute atomic E-state index is 11.8. The lowest BCUT2D eigenvalue weighted by Crippen LogP contribution is -2.21. The van der Waals surface area contributed by atoms with Crippen LogP contribution in [0.3, 0.4) is 0 Å². The smallest absolute Gasteiger partial charge is 0.253 e. The number of fused-ring (bicyclic) bond motifs is 1. The van der Waals surface area contributed by atoms with Gasteiger partial charge in [-0.15, -0.1) is 0 Å². The molecule has 0 bridgehead atoms. The Morgan fingerprint density at radius 2 is 2.22 bits per heavy atom. The van der Waals surface area contributed by atoms with E-state index in [4.69, 9.17) is 5.11 Å². The van der Waals surface area contributed by atoms with Crippen molar-refractivity contribution < 1.29 is 9.90 Å². The van der Waals surface area contributed by atoms with Gasteiger partial charge in [0.25, 0.3) is 5.91 Å². The van der Waals surface area contributed by atoms with Gasteiger partial charge in [0, 0.05) is 32.7 Å². The van der Waals surface area contributed by atoms with Gasteiger partial charge in [-0.2, -0.15) is 0 Å². The third kappa shape index (κ3) is 2.51. The molecule has 0 aliphatic heterocycles. The Morgan fingerprint density at radius 1 is 1.44 bits per heavy atom. The molecule has 96 valence electrons. The average molecular weight is 247 g/mol. The highest BCUT2D eigenvalue weighted by Gasteiger charge is 2.10. The first-order chi connectivity index (χ1) is 8.61. The second-order valence-corrected chi connectivity index (χ2v) is 4.44. The van der Waals surface area contributed by atoms with Gasteiger partial charge in [-0.25, -0.2) is 4.98 Å². The van der Waals surface area contributed by atoms with Crippen LogP contribution < -0.4 is 0 Å². The van der Waals surface area contributed by atoms with Gasteiger partial charge >= 0.3 is 0 Å². The normalized spacial score (nSPS) is 10.8. The summed E-state index contributed by atoms with van der Waals surface area (Å²) < 4.78 is 0. The van der Waals surface area contributed by atoms with Crippen LogP contribution >= 0.6 is 0 Å². The molecule has 1 aromatic carbocycles.